The minimum absolute atomic E-state index is 0.154. The molecule has 0 spiro atoms. The zero-order valence-electron chi connectivity index (χ0n) is 9.62. The average Bonchev–Trinajstić information content (AvgIpc) is 2.62. The maximum Gasteiger partial charge on any atom is 0.215 e. The van der Waals surface area contributed by atoms with Gasteiger partial charge in [0.2, 0.25) is 10.0 Å². The van der Waals surface area contributed by atoms with Gasteiger partial charge in [0, 0.05) is 13.1 Å². The van der Waals surface area contributed by atoms with Crippen molar-refractivity contribution in [2.75, 3.05) is 13.1 Å². The first kappa shape index (κ1) is 12.9. The van der Waals surface area contributed by atoms with E-state index in [1.54, 1.807) is 6.92 Å². The third-order valence-electron chi connectivity index (χ3n) is 3.37. The van der Waals surface area contributed by atoms with Crippen molar-refractivity contribution in [2.24, 2.45) is 11.1 Å². The summed E-state index contributed by atoms with van der Waals surface area (Å²) in [7, 11) is -3.21. The molecule has 0 bridgehead atoms. The summed E-state index contributed by atoms with van der Waals surface area (Å²) in [6, 6.07) is 0. The first-order valence-electron chi connectivity index (χ1n) is 5.58. The topological polar surface area (TPSA) is 72.2 Å². The molecule has 1 saturated carbocycles. The number of nitrogens with one attached hydrogen (secondary N) is 1. The largest absolute Gasteiger partial charge is 0.329 e. The van der Waals surface area contributed by atoms with Crippen molar-refractivity contribution >= 4 is 10.0 Å². The average molecular weight is 234 g/mol. The summed E-state index contributed by atoms with van der Waals surface area (Å²) in [4.78, 5) is 0. The van der Waals surface area contributed by atoms with Gasteiger partial charge in [-0.1, -0.05) is 19.8 Å². The molecule has 0 aromatic rings. The SMILES string of the molecule is CC(CN)S(=O)(=O)NCC1(C)CCCC1. The van der Waals surface area contributed by atoms with Crippen LogP contribution in [0.1, 0.15) is 39.5 Å². The summed E-state index contributed by atoms with van der Waals surface area (Å²) in [5.74, 6) is 0. The van der Waals surface area contributed by atoms with Gasteiger partial charge < -0.3 is 5.73 Å². The summed E-state index contributed by atoms with van der Waals surface area (Å²) in [6.07, 6.45) is 4.66. The van der Waals surface area contributed by atoms with Crippen LogP contribution >= 0.6 is 0 Å². The molecule has 0 amide bonds. The van der Waals surface area contributed by atoms with Gasteiger partial charge in [-0.3, -0.25) is 0 Å². The van der Waals surface area contributed by atoms with Gasteiger partial charge in [-0.25, -0.2) is 13.1 Å². The first-order chi connectivity index (χ1) is 6.90. The molecule has 1 unspecified atom stereocenters. The molecule has 1 aliphatic carbocycles. The Labute approximate surface area is 92.7 Å². The zero-order chi connectivity index (χ0) is 11.5. The number of nitrogens with two attached hydrogens (primary N) is 1. The van der Waals surface area contributed by atoms with E-state index < -0.39 is 15.3 Å². The molecular weight excluding hydrogens is 212 g/mol. The van der Waals surface area contributed by atoms with Crippen molar-refractivity contribution in [3.05, 3.63) is 0 Å². The molecule has 0 saturated heterocycles. The predicted molar refractivity (Wildman–Crippen MR) is 62.0 cm³/mol. The Balaban J connectivity index is 2.49. The summed E-state index contributed by atoms with van der Waals surface area (Å²) >= 11 is 0. The normalized spacial score (nSPS) is 22.9. The molecule has 0 aromatic carbocycles. The fourth-order valence-electron chi connectivity index (χ4n) is 1.95. The second-order valence-corrected chi connectivity index (χ2v) is 7.11. The van der Waals surface area contributed by atoms with Crippen LogP contribution in [0.15, 0.2) is 0 Å². The third-order valence-corrected chi connectivity index (χ3v) is 5.17. The molecule has 90 valence electrons. The summed E-state index contributed by atoms with van der Waals surface area (Å²) in [5.41, 5.74) is 5.51. The van der Waals surface area contributed by atoms with Crippen molar-refractivity contribution in [2.45, 2.75) is 44.8 Å². The number of hydrogen-bond donors (Lipinski definition) is 2. The van der Waals surface area contributed by atoms with Gasteiger partial charge in [0.1, 0.15) is 0 Å². The maximum absolute atomic E-state index is 11.7. The number of sulfonamides is 1. The van der Waals surface area contributed by atoms with E-state index in [1.807, 2.05) is 0 Å². The van der Waals surface area contributed by atoms with E-state index in [0.717, 1.165) is 12.8 Å². The Hall–Kier alpha value is -0.130. The van der Waals surface area contributed by atoms with E-state index >= 15 is 0 Å². The van der Waals surface area contributed by atoms with Crippen LogP contribution in [-0.2, 0) is 10.0 Å². The van der Waals surface area contributed by atoms with E-state index in [9.17, 15) is 8.42 Å². The van der Waals surface area contributed by atoms with Crippen molar-refractivity contribution in [1.82, 2.24) is 4.72 Å². The Morgan fingerprint density at radius 2 is 1.93 bits per heavy atom. The van der Waals surface area contributed by atoms with E-state index in [1.165, 1.54) is 12.8 Å². The Bertz CT molecular complexity index is 295. The quantitative estimate of drug-likeness (QED) is 0.740. The summed E-state index contributed by atoms with van der Waals surface area (Å²) in [5, 5.41) is -0.498. The van der Waals surface area contributed by atoms with Crippen LogP contribution in [0, 0.1) is 5.41 Å². The van der Waals surface area contributed by atoms with E-state index in [0.29, 0.717) is 6.54 Å². The van der Waals surface area contributed by atoms with Gasteiger partial charge in [-0.05, 0) is 25.2 Å². The lowest BCUT2D eigenvalue weighted by Gasteiger charge is -2.24. The molecule has 1 atom stereocenters. The van der Waals surface area contributed by atoms with Crippen molar-refractivity contribution in [1.29, 1.82) is 0 Å². The van der Waals surface area contributed by atoms with Gasteiger partial charge in [0.25, 0.3) is 0 Å². The fraction of sp³-hybridized carbons (Fsp3) is 1.00. The fourth-order valence-corrected chi connectivity index (χ4v) is 3.04. The number of hydrogen-bond acceptors (Lipinski definition) is 3. The molecule has 4 nitrogen and oxygen atoms in total. The minimum atomic E-state index is -3.21. The van der Waals surface area contributed by atoms with Crippen molar-refractivity contribution < 1.29 is 8.42 Å². The highest BCUT2D eigenvalue weighted by Crippen LogP contribution is 2.36. The minimum Gasteiger partial charge on any atom is -0.329 e. The van der Waals surface area contributed by atoms with Gasteiger partial charge in [-0.2, -0.15) is 0 Å². The second kappa shape index (κ2) is 4.80. The van der Waals surface area contributed by atoms with Crippen molar-refractivity contribution in [3.63, 3.8) is 0 Å². The lowest BCUT2D eigenvalue weighted by Crippen LogP contribution is -2.41. The van der Waals surface area contributed by atoms with Crippen molar-refractivity contribution in [3.8, 4) is 0 Å². The molecule has 0 aliphatic heterocycles. The molecule has 5 heteroatoms. The Morgan fingerprint density at radius 3 is 2.40 bits per heavy atom. The van der Waals surface area contributed by atoms with Crippen LogP contribution in [0.25, 0.3) is 0 Å². The van der Waals surface area contributed by atoms with Crippen LogP contribution in [0.2, 0.25) is 0 Å². The lowest BCUT2D eigenvalue weighted by atomic mass is 9.89. The first-order valence-corrected chi connectivity index (χ1v) is 7.13. The lowest BCUT2D eigenvalue weighted by molar-refractivity contribution is 0.335. The summed E-state index contributed by atoms with van der Waals surface area (Å²) in [6.45, 7) is 4.51. The zero-order valence-corrected chi connectivity index (χ0v) is 10.4. The number of rotatable bonds is 5. The van der Waals surface area contributed by atoms with Crippen LogP contribution < -0.4 is 10.5 Å². The smallest absolute Gasteiger partial charge is 0.215 e. The van der Waals surface area contributed by atoms with Gasteiger partial charge >= 0.3 is 0 Å². The molecule has 1 rings (SSSR count). The Kier molecular flexibility index (Phi) is 4.14. The van der Waals surface area contributed by atoms with Crippen LogP contribution in [-0.4, -0.2) is 26.8 Å². The molecule has 1 aliphatic rings. The van der Waals surface area contributed by atoms with Crippen LogP contribution in [0.5, 0.6) is 0 Å². The monoisotopic (exact) mass is 234 g/mol. The maximum atomic E-state index is 11.7. The second-order valence-electron chi connectivity index (χ2n) is 4.93. The standard InChI is InChI=1S/C10H22N2O2S/c1-9(7-11)15(13,14)12-8-10(2)5-3-4-6-10/h9,12H,3-8,11H2,1-2H3. The molecule has 0 aromatic heterocycles. The molecule has 3 N–H and O–H groups in total. The third kappa shape index (κ3) is 3.43. The van der Waals surface area contributed by atoms with E-state index in [-0.39, 0.29) is 12.0 Å². The summed E-state index contributed by atoms with van der Waals surface area (Å²) < 4.78 is 26.0. The van der Waals surface area contributed by atoms with E-state index in [2.05, 4.69) is 11.6 Å². The van der Waals surface area contributed by atoms with Gasteiger partial charge in [0.15, 0.2) is 0 Å². The molecule has 1 fully saturated rings. The van der Waals surface area contributed by atoms with Crippen LogP contribution in [0.3, 0.4) is 0 Å². The molecular formula is C10H22N2O2S. The molecule has 0 radical (unpaired) electrons. The highest BCUT2D eigenvalue weighted by atomic mass is 32.2. The van der Waals surface area contributed by atoms with E-state index in [4.69, 9.17) is 5.73 Å². The highest BCUT2D eigenvalue weighted by molar-refractivity contribution is 7.90. The van der Waals surface area contributed by atoms with Crippen LogP contribution in [0.4, 0.5) is 0 Å². The predicted octanol–water partition coefficient (Wildman–Crippen LogP) is 0.833. The van der Waals surface area contributed by atoms with Gasteiger partial charge in [0.05, 0.1) is 5.25 Å². The molecule has 0 heterocycles. The molecule has 15 heavy (non-hydrogen) atoms. The van der Waals surface area contributed by atoms with Gasteiger partial charge in [-0.15, -0.1) is 0 Å². The Morgan fingerprint density at radius 1 is 1.40 bits per heavy atom. The highest BCUT2D eigenvalue weighted by Gasteiger charge is 2.30.